The summed E-state index contributed by atoms with van der Waals surface area (Å²) in [6.45, 7) is 1.70. The van der Waals surface area contributed by atoms with Crippen LogP contribution < -0.4 is 5.32 Å². The Balaban J connectivity index is 1.76. The predicted octanol–water partition coefficient (Wildman–Crippen LogP) is 2.53. The molecule has 80 valence electrons. The Morgan fingerprint density at radius 2 is 2.13 bits per heavy atom. The maximum atomic E-state index is 6.15. The molecule has 1 unspecified atom stereocenters. The van der Waals surface area contributed by atoms with E-state index in [2.05, 4.69) is 11.4 Å². The first-order valence-corrected chi connectivity index (χ1v) is 5.79. The van der Waals surface area contributed by atoms with Crippen LogP contribution in [0, 0.1) is 0 Å². The first-order chi connectivity index (χ1) is 7.29. The van der Waals surface area contributed by atoms with Crippen molar-refractivity contribution in [3.63, 3.8) is 0 Å². The molecular weight excluding hydrogens is 210 g/mol. The smallest absolute Gasteiger partial charge is 0.0809 e. The Labute approximate surface area is 94.6 Å². The normalized spacial score (nSPS) is 27.9. The van der Waals surface area contributed by atoms with Crippen LogP contribution in [0.25, 0.3) is 0 Å². The molecule has 1 aromatic rings. The summed E-state index contributed by atoms with van der Waals surface area (Å²) >= 11 is 6.15. The lowest BCUT2D eigenvalue weighted by Gasteiger charge is -2.31. The lowest BCUT2D eigenvalue weighted by atomic mass is 10.1. The Hall–Kier alpha value is -0.570. The molecule has 3 rings (SSSR count). The zero-order chi connectivity index (χ0) is 10.3. The molecule has 2 aliphatic rings. The van der Waals surface area contributed by atoms with Crippen molar-refractivity contribution in [1.29, 1.82) is 0 Å². The molecule has 0 bridgehead atoms. The van der Waals surface area contributed by atoms with Gasteiger partial charge in [-0.3, -0.25) is 0 Å². The molecule has 1 aliphatic carbocycles. The van der Waals surface area contributed by atoms with Crippen LogP contribution in [-0.4, -0.2) is 18.8 Å². The molecule has 2 fully saturated rings. The summed E-state index contributed by atoms with van der Waals surface area (Å²) in [6, 6.07) is 8.22. The van der Waals surface area contributed by atoms with Gasteiger partial charge in [-0.25, -0.2) is 0 Å². The minimum atomic E-state index is 0.178. The standard InChI is InChI=1S/C12H14ClNO/c13-10-4-2-1-3-9(10)11-7-15-12(5-6-12)8-14-11/h1-4,11,14H,5-8H2. The largest absolute Gasteiger partial charge is 0.372 e. The third-order valence-corrected chi connectivity index (χ3v) is 3.66. The number of hydrogen-bond acceptors (Lipinski definition) is 2. The van der Waals surface area contributed by atoms with Crippen molar-refractivity contribution in [3.8, 4) is 0 Å². The fraction of sp³-hybridized carbons (Fsp3) is 0.500. The van der Waals surface area contributed by atoms with E-state index >= 15 is 0 Å². The van der Waals surface area contributed by atoms with Gasteiger partial charge >= 0.3 is 0 Å². The van der Waals surface area contributed by atoms with E-state index in [1.165, 1.54) is 12.8 Å². The zero-order valence-corrected chi connectivity index (χ0v) is 9.26. The van der Waals surface area contributed by atoms with E-state index < -0.39 is 0 Å². The van der Waals surface area contributed by atoms with Crippen molar-refractivity contribution in [2.75, 3.05) is 13.2 Å². The van der Waals surface area contributed by atoms with Gasteiger partial charge in [0.05, 0.1) is 18.2 Å². The minimum Gasteiger partial charge on any atom is -0.372 e. The molecule has 2 nitrogen and oxygen atoms in total. The fourth-order valence-electron chi connectivity index (χ4n) is 2.10. The summed E-state index contributed by atoms with van der Waals surface area (Å²) in [5.41, 5.74) is 1.33. The lowest BCUT2D eigenvalue weighted by Crippen LogP contribution is -2.42. The average molecular weight is 224 g/mol. The molecule has 1 heterocycles. The molecule has 1 saturated heterocycles. The molecule has 1 aromatic carbocycles. The average Bonchev–Trinajstić information content (AvgIpc) is 3.01. The SMILES string of the molecule is Clc1ccccc1C1COC2(CC2)CN1. The number of halogens is 1. The monoisotopic (exact) mass is 223 g/mol. The summed E-state index contributed by atoms with van der Waals surface area (Å²) in [5.74, 6) is 0. The summed E-state index contributed by atoms with van der Waals surface area (Å²) in [4.78, 5) is 0. The molecule has 1 spiro atoms. The number of benzene rings is 1. The van der Waals surface area contributed by atoms with Gasteiger partial charge in [0.2, 0.25) is 0 Å². The predicted molar refractivity (Wildman–Crippen MR) is 60.1 cm³/mol. The molecule has 1 saturated carbocycles. The van der Waals surface area contributed by atoms with E-state index in [9.17, 15) is 0 Å². The zero-order valence-electron chi connectivity index (χ0n) is 8.50. The van der Waals surface area contributed by atoms with Crippen LogP contribution in [0.1, 0.15) is 24.4 Å². The lowest BCUT2D eigenvalue weighted by molar-refractivity contribution is -0.0150. The van der Waals surface area contributed by atoms with E-state index in [4.69, 9.17) is 16.3 Å². The van der Waals surface area contributed by atoms with Crippen LogP contribution >= 0.6 is 11.6 Å². The van der Waals surface area contributed by atoms with Crippen molar-refractivity contribution in [3.05, 3.63) is 34.9 Å². The number of hydrogen-bond donors (Lipinski definition) is 1. The highest BCUT2D eigenvalue weighted by Crippen LogP contribution is 2.42. The molecule has 1 aliphatic heterocycles. The second-order valence-corrected chi connectivity index (χ2v) is 4.86. The number of ether oxygens (including phenoxy) is 1. The molecule has 1 N–H and O–H groups in total. The van der Waals surface area contributed by atoms with Gasteiger partial charge in [-0.2, -0.15) is 0 Å². The van der Waals surface area contributed by atoms with Gasteiger partial charge in [0, 0.05) is 11.6 Å². The van der Waals surface area contributed by atoms with Crippen LogP contribution in [0.15, 0.2) is 24.3 Å². The van der Waals surface area contributed by atoms with Crippen LogP contribution in [0.5, 0.6) is 0 Å². The van der Waals surface area contributed by atoms with Gasteiger partial charge in [0.25, 0.3) is 0 Å². The third kappa shape index (κ3) is 1.78. The van der Waals surface area contributed by atoms with Crippen LogP contribution in [0.2, 0.25) is 5.02 Å². The maximum Gasteiger partial charge on any atom is 0.0809 e. The van der Waals surface area contributed by atoms with E-state index in [-0.39, 0.29) is 11.6 Å². The van der Waals surface area contributed by atoms with Gasteiger partial charge in [0.1, 0.15) is 0 Å². The second kappa shape index (κ2) is 3.48. The Morgan fingerprint density at radius 1 is 1.33 bits per heavy atom. The van der Waals surface area contributed by atoms with Crippen molar-refractivity contribution in [1.82, 2.24) is 5.32 Å². The van der Waals surface area contributed by atoms with E-state index in [1.54, 1.807) is 0 Å². The Bertz CT molecular complexity index is 366. The van der Waals surface area contributed by atoms with E-state index in [0.717, 1.165) is 23.7 Å². The Morgan fingerprint density at radius 3 is 2.73 bits per heavy atom. The molecular formula is C12H14ClNO. The molecule has 15 heavy (non-hydrogen) atoms. The highest BCUT2D eigenvalue weighted by atomic mass is 35.5. The van der Waals surface area contributed by atoms with Gasteiger partial charge in [0.15, 0.2) is 0 Å². The summed E-state index contributed by atoms with van der Waals surface area (Å²) in [7, 11) is 0. The van der Waals surface area contributed by atoms with E-state index in [0.29, 0.717) is 0 Å². The fourth-order valence-corrected chi connectivity index (χ4v) is 2.36. The minimum absolute atomic E-state index is 0.178. The molecule has 0 amide bonds. The van der Waals surface area contributed by atoms with Gasteiger partial charge < -0.3 is 10.1 Å². The quantitative estimate of drug-likeness (QED) is 0.790. The Kier molecular flexibility index (Phi) is 2.23. The van der Waals surface area contributed by atoms with Crippen molar-refractivity contribution in [2.45, 2.75) is 24.5 Å². The number of nitrogens with one attached hydrogen (secondary N) is 1. The molecule has 0 radical (unpaired) electrons. The summed E-state index contributed by atoms with van der Waals surface area (Å²) in [5, 5.41) is 4.34. The highest BCUT2D eigenvalue weighted by molar-refractivity contribution is 6.31. The molecule has 3 heteroatoms. The van der Waals surface area contributed by atoms with Gasteiger partial charge in [-0.1, -0.05) is 29.8 Å². The summed E-state index contributed by atoms with van der Waals surface area (Å²) < 4.78 is 5.88. The first kappa shape index (κ1) is 9.64. The maximum absolute atomic E-state index is 6.15. The topological polar surface area (TPSA) is 21.3 Å². The van der Waals surface area contributed by atoms with E-state index in [1.807, 2.05) is 18.2 Å². The van der Waals surface area contributed by atoms with Gasteiger partial charge in [-0.05, 0) is 24.5 Å². The first-order valence-electron chi connectivity index (χ1n) is 5.41. The third-order valence-electron chi connectivity index (χ3n) is 3.32. The van der Waals surface area contributed by atoms with Crippen LogP contribution in [0.3, 0.4) is 0 Å². The number of morpholine rings is 1. The van der Waals surface area contributed by atoms with Crippen LogP contribution in [-0.2, 0) is 4.74 Å². The molecule has 0 aromatic heterocycles. The van der Waals surface area contributed by atoms with Crippen molar-refractivity contribution < 1.29 is 4.74 Å². The van der Waals surface area contributed by atoms with Crippen molar-refractivity contribution in [2.24, 2.45) is 0 Å². The summed E-state index contributed by atoms with van der Waals surface area (Å²) in [6.07, 6.45) is 2.41. The molecule has 1 atom stereocenters. The second-order valence-electron chi connectivity index (χ2n) is 4.45. The highest BCUT2D eigenvalue weighted by Gasteiger charge is 2.47. The number of rotatable bonds is 1. The van der Waals surface area contributed by atoms with Crippen LogP contribution in [0.4, 0.5) is 0 Å². The van der Waals surface area contributed by atoms with Crippen molar-refractivity contribution >= 4 is 11.6 Å². The van der Waals surface area contributed by atoms with Gasteiger partial charge in [-0.15, -0.1) is 0 Å².